The van der Waals surface area contributed by atoms with Crippen LogP contribution in [-0.2, 0) is 40.4 Å². The van der Waals surface area contributed by atoms with Crippen molar-refractivity contribution in [3.63, 3.8) is 0 Å². The van der Waals surface area contributed by atoms with Crippen LogP contribution < -0.4 is 5.32 Å². The third-order valence-electron chi connectivity index (χ3n) is 7.90. The van der Waals surface area contributed by atoms with Gasteiger partial charge in [-0.25, -0.2) is 17.2 Å². The topological polar surface area (TPSA) is 76.5 Å². The van der Waals surface area contributed by atoms with Gasteiger partial charge in [0.2, 0.25) is 10.0 Å². The number of aromatic nitrogens is 2. The lowest BCUT2D eigenvalue weighted by atomic mass is 9.81. The smallest absolute Gasteiger partial charge is 0.221 e. The van der Waals surface area contributed by atoms with Crippen molar-refractivity contribution in [1.29, 1.82) is 0 Å². The van der Waals surface area contributed by atoms with Gasteiger partial charge in [0.05, 0.1) is 11.2 Å². The molecule has 0 bridgehead atoms. The second-order valence-corrected chi connectivity index (χ2v) is 12.4. The van der Waals surface area contributed by atoms with Crippen molar-refractivity contribution >= 4 is 10.0 Å². The van der Waals surface area contributed by atoms with E-state index in [1.165, 1.54) is 16.4 Å². The van der Waals surface area contributed by atoms with E-state index in [0.29, 0.717) is 51.0 Å². The van der Waals surface area contributed by atoms with Gasteiger partial charge in [0.15, 0.2) is 0 Å². The molecular formula is C28H34F2N4O3S. The highest BCUT2D eigenvalue weighted by Gasteiger charge is 2.42. The standard InChI is InChI=1S/C28H34F2N4O3S/c1-20-8-9-27(21-6-4-3-5-7-21)38(35,36)34(20)19-22-16-26(30)24(17-25(22)29)28(11-14-37-15-12-28)31-18-23-10-13-33(2)32-23/h3-7,10,13,16-17,20,27,31H,8-9,11-12,14-15,18-19H2,1-2H3/t20-,27+/m0/s1. The van der Waals surface area contributed by atoms with Crippen LogP contribution in [0.2, 0.25) is 0 Å². The van der Waals surface area contributed by atoms with Crippen LogP contribution in [0.4, 0.5) is 8.78 Å². The summed E-state index contributed by atoms with van der Waals surface area (Å²) in [5, 5.41) is 7.10. The molecule has 38 heavy (non-hydrogen) atoms. The Morgan fingerprint density at radius 2 is 1.82 bits per heavy atom. The summed E-state index contributed by atoms with van der Waals surface area (Å²) in [5.41, 5.74) is 0.958. The van der Waals surface area contributed by atoms with E-state index in [1.54, 1.807) is 16.8 Å². The molecule has 0 unspecified atom stereocenters. The number of aryl methyl sites for hydroxylation is 1. The summed E-state index contributed by atoms with van der Waals surface area (Å²) in [5.74, 6) is -1.17. The average molecular weight is 545 g/mol. The van der Waals surface area contributed by atoms with E-state index in [1.807, 2.05) is 44.4 Å². The molecule has 2 aliphatic rings. The lowest BCUT2D eigenvalue weighted by Gasteiger charge is -2.39. The maximum absolute atomic E-state index is 15.7. The fraction of sp³-hybridized carbons (Fsp3) is 0.464. The van der Waals surface area contributed by atoms with E-state index in [4.69, 9.17) is 4.74 Å². The van der Waals surface area contributed by atoms with Crippen molar-refractivity contribution in [2.45, 2.75) is 62.5 Å². The Hall–Kier alpha value is -2.66. The molecule has 10 heteroatoms. The quantitative estimate of drug-likeness (QED) is 0.472. The van der Waals surface area contributed by atoms with E-state index in [9.17, 15) is 8.42 Å². The van der Waals surface area contributed by atoms with Crippen LogP contribution in [0.3, 0.4) is 0 Å². The molecule has 2 aliphatic heterocycles. The number of halogens is 2. The zero-order valence-corrected chi connectivity index (χ0v) is 22.6. The Labute approximate surface area is 222 Å². The van der Waals surface area contributed by atoms with Gasteiger partial charge in [-0.05, 0) is 56.4 Å². The molecule has 2 atom stereocenters. The van der Waals surface area contributed by atoms with Crippen molar-refractivity contribution in [3.8, 4) is 0 Å². The van der Waals surface area contributed by atoms with Crippen molar-refractivity contribution < 1.29 is 21.9 Å². The van der Waals surface area contributed by atoms with Crippen LogP contribution in [-0.4, -0.2) is 41.8 Å². The third kappa shape index (κ3) is 5.27. The van der Waals surface area contributed by atoms with Gasteiger partial charge in [0.1, 0.15) is 16.9 Å². The van der Waals surface area contributed by atoms with E-state index >= 15 is 8.78 Å². The molecule has 0 amide bonds. The number of sulfonamides is 1. The zero-order valence-electron chi connectivity index (χ0n) is 21.7. The van der Waals surface area contributed by atoms with Crippen molar-refractivity contribution in [2.75, 3.05) is 13.2 Å². The van der Waals surface area contributed by atoms with Crippen LogP contribution in [0.1, 0.15) is 60.2 Å². The molecule has 0 aliphatic carbocycles. The first kappa shape index (κ1) is 26.9. The van der Waals surface area contributed by atoms with E-state index < -0.39 is 32.4 Å². The van der Waals surface area contributed by atoms with Gasteiger partial charge in [-0.3, -0.25) is 4.68 Å². The molecule has 1 aromatic heterocycles. The Bertz CT molecular complexity index is 1370. The lowest BCUT2D eigenvalue weighted by Crippen LogP contribution is -2.47. The molecule has 2 aromatic carbocycles. The first-order valence-electron chi connectivity index (χ1n) is 13.0. The summed E-state index contributed by atoms with van der Waals surface area (Å²) in [6.45, 7) is 2.84. The second kappa shape index (κ2) is 10.8. The molecule has 1 N–H and O–H groups in total. The summed E-state index contributed by atoms with van der Waals surface area (Å²) in [4.78, 5) is 0. The van der Waals surface area contributed by atoms with Gasteiger partial charge >= 0.3 is 0 Å². The highest BCUT2D eigenvalue weighted by Crippen LogP contribution is 2.39. The molecule has 204 valence electrons. The second-order valence-electron chi connectivity index (χ2n) is 10.4. The monoisotopic (exact) mass is 544 g/mol. The highest BCUT2D eigenvalue weighted by atomic mass is 32.2. The molecule has 3 heterocycles. The molecule has 2 saturated heterocycles. The van der Waals surface area contributed by atoms with Gasteiger partial charge in [0, 0.05) is 56.7 Å². The van der Waals surface area contributed by atoms with Crippen LogP contribution in [0, 0.1) is 11.6 Å². The minimum absolute atomic E-state index is 0.0299. The normalized spacial score (nSPS) is 23.4. The van der Waals surface area contributed by atoms with Crippen LogP contribution >= 0.6 is 0 Å². The summed E-state index contributed by atoms with van der Waals surface area (Å²) in [6, 6.07) is 13.0. The Kier molecular flexibility index (Phi) is 7.68. The van der Waals surface area contributed by atoms with Gasteiger partial charge in [-0.1, -0.05) is 30.3 Å². The van der Waals surface area contributed by atoms with Gasteiger partial charge in [-0.2, -0.15) is 9.40 Å². The Morgan fingerprint density at radius 3 is 2.50 bits per heavy atom. The summed E-state index contributed by atoms with van der Waals surface area (Å²) in [7, 11) is -1.94. The van der Waals surface area contributed by atoms with Gasteiger partial charge in [0.25, 0.3) is 0 Å². The van der Waals surface area contributed by atoms with E-state index in [2.05, 4.69) is 10.4 Å². The number of hydrogen-bond donors (Lipinski definition) is 1. The number of benzene rings is 2. The fourth-order valence-electron chi connectivity index (χ4n) is 5.67. The first-order valence-corrected chi connectivity index (χ1v) is 14.6. The molecule has 3 aromatic rings. The van der Waals surface area contributed by atoms with Crippen molar-refractivity contribution in [3.05, 3.63) is 88.7 Å². The van der Waals surface area contributed by atoms with E-state index in [-0.39, 0.29) is 23.7 Å². The van der Waals surface area contributed by atoms with Crippen molar-refractivity contribution in [2.24, 2.45) is 7.05 Å². The molecule has 0 spiro atoms. The minimum atomic E-state index is -3.77. The minimum Gasteiger partial charge on any atom is -0.381 e. The zero-order chi connectivity index (χ0) is 26.9. The van der Waals surface area contributed by atoms with E-state index in [0.717, 1.165) is 5.69 Å². The molecule has 0 radical (unpaired) electrons. The lowest BCUT2D eigenvalue weighted by molar-refractivity contribution is 0.0340. The number of ether oxygens (including phenoxy) is 1. The summed E-state index contributed by atoms with van der Waals surface area (Å²) in [6.07, 6.45) is 3.92. The van der Waals surface area contributed by atoms with Gasteiger partial charge in [-0.15, -0.1) is 0 Å². The van der Waals surface area contributed by atoms with Crippen LogP contribution in [0.25, 0.3) is 0 Å². The van der Waals surface area contributed by atoms with Crippen LogP contribution in [0.5, 0.6) is 0 Å². The third-order valence-corrected chi connectivity index (χ3v) is 10.3. The number of nitrogens with one attached hydrogen (secondary N) is 1. The molecule has 5 rings (SSSR count). The number of nitrogens with zero attached hydrogens (tertiary/aromatic N) is 3. The predicted molar refractivity (Wildman–Crippen MR) is 140 cm³/mol. The first-order chi connectivity index (χ1) is 18.2. The summed E-state index contributed by atoms with van der Waals surface area (Å²) < 4.78 is 67.1. The van der Waals surface area contributed by atoms with Crippen LogP contribution in [0.15, 0.2) is 54.7 Å². The fourth-order valence-corrected chi connectivity index (χ4v) is 7.86. The molecule has 7 nitrogen and oxygen atoms in total. The average Bonchev–Trinajstić information content (AvgIpc) is 3.33. The highest BCUT2D eigenvalue weighted by molar-refractivity contribution is 7.89. The molecule has 0 saturated carbocycles. The largest absolute Gasteiger partial charge is 0.381 e. The predicted octanol–water partition coefficient (Wildman–Crippen LogP) is 4.55. The van der Waals surface area contributed by atoms with Gasteiger partial charge < -0.3 is 10.1 Å². The maximum atomic E-state index is 15.7. The Balaban J connectivity index is 1.42. The number of hydrogen-bond acceptors (Lipinski definition) is 5. The Morgan fingerprint density at radius 1 is 1.08 bits per heavy atom. The maximum Gasteiger partial charge on any atom is 0.221 e. The number of rotatable bonds is 7. The SMILES string of the molecule is C[C@H]1CC[C@H](c2ccccc2)S(=O)(=O)N1Cc1cc(F)c(C2(NCc3ccn(C)n3)CCOCC2)cc1F. The molecular weight excluding hydrogens is 510 g/mol. The summed E-state index contributed by atoms with van der Waals surface area (Å²) >= 11 is 0. The van der Waals surface area contributed by atoms with Crippen molar-refractivity contribution in [1.82, 2.24) is 19.4 Å². The molecule has 2 fully saturated rings.